The first-order chi connectivity index (χ1) is 12.3. The Morgan fingerprint density at radius 3 is 2.32 bits per heavy atom. The quantitative estimate of drug-likeness (QED) is 0.612. The number of para-hydroxylation sites is 1. The summed E-state index contributed by atoms with van der Waals surface area (Å²) in [6.07, 6.45) is 2.32. The summed E-state index contributed by atoms with van der Waals surface area (Å²) in [6.45, 7) is 6.65. The molecular formula is C22H29ClN2. The number of nitrogens with zero attached hydrogens (tertiary/aromatic N) is 2. The molecule has 0 aliphatic carbocycles. The van der Waals surface area contributed by atoms with Gasteiger partial charge in [0.2, 0.25) is 0 Å². The number of alkyl halides is 1. The molecule has 1 heterocycles. The van der Waals surface area contributed by atoms with Gasteiger partial charge in [0, 0.05) is 43.8 Å². The Hall–Kier alpha value is -1.51. The van der Waals surface area contributed by atoms with E-state index in [1.54, 1.807) is 0 Å². The predicted octanol–water partition coefficient (Wildman–Crippen LogP) is 5.03. The van der Waals surface area contributed by atoms with Crippen LogP contribution in [-0.4, -0.2) is 36.5 Å². The third-order valence-electron chi connectivity index (χ3n) is 5.27. The van der Waals surface area contributed by atoms with Gasteiger partial charge in [-0.1, -0.05) is 48.5 Å². The maximum atomic E-state index is 6.00. The van der Waals surface area contributed by atoms with Crippen molar-refractivity contribution in [3.63, 3.8) is 0 Å². The highest BCUT2D eigenvalue weighted by Crippen LogP contribution is 2.30. The molecule has 2 aromatic rings. The van der Waals surface area contributed by atoms with Crippen LogP contribution in [0.3, 0.4) is 0 Å². The highest BCUT2D eigenvalue weighted by atomic mass is 35.5. The van der Waals surface area contributed by atoms with Crippen molar-refractivity contribution in [2.24, 2.45) is 5.92 Å². The van der Waals surface area contributed by atoms with Gasteiger partial charge in [-0.15, -0.1) is 11.6 Å². The zero-order chi connectivity index (χ0) is 17.5. The fourth-order valence-corrected chi connectivity index (χ4v) is 4.27. The van der Waals surface area contributed by atoms with E-state index in [-0.39, 0.29) is 0 Å². The molecule has 0 amide bonds. The minimum absolute atomic E-state index is 0.569. The van der Waals surface area contributed by atoms with Gasteiger partial charge in [0.1, 0.15) is 0 Å². The normalized spacial score (nSPS) is 20.7. The van der Waals surface area contributed by atoms with Crippen LogP contribution in [0, 0.1) is 5.92 Å². The monoisotopic (exact) mass is 356 g/mol. The summed E-state index contributed by atoms with van der Waals surface area (Å²) in [5.41, 5.74) is 2.74. The van der Waals surface area contributed by atoms with Gasteiger partial charge in [-0.3, -0.25) is 4.90 Å². The Balaban J connectivity index is 1.74. The summed E-state index contributed by atoms with van der Waals surface area (Å²) in [4.78, 5) is 5.20. The lowest BCUT2D eigenvalue weighted by Crippen LogP contribution is -2.41. The topological polar surface area (TPSA) is 6.48 Å². The van der Waals surface area contributed by atoms with Crippen LogP contribution in [0.25, 0.3) is 0 Å². The van der Waals surface area contributed by atoms with E-state index >= 15 is 0 Å². The molecule has 3 heteroatoms. The molecule has 0 saturated carbocycles. The lowest BCUT2D eigenvalue weighted by molar-refractivity contribution is 0.312. The Morgan fingerprint density at radius 1 is 1.00 bits per heavy atom. The standard InChI is InChI=1S/C22H29ClN2/c1-2-25(21-13-7-4-8-14-21)22-18-24(17-20(22)12-9-15-23)16-19-10-5-3-6-11-19/h3-8,10-11,13-14,20,22H,2,9,12,15-18H2,1H3/t20-,22+/m0/s1. The Bertz CT molecular complexity index is 616. The molecule has 0 spiro atoms. The summed E-state index contributed by atoms with van der Waals surface area (Å²) < 4.78 is 0. The van der Waals surface area contributed by atoms with E-state index < -0.39 is 0 Å². The first-order valence-electron chi connectivity index (χ1n) is 9.45. The zero-order valence-corrected chi connectivity index (χ0v) is 15.9. The lowest BCUT2D eigenvalue weighted by Gasteiger charge is -2.33. The van der Waals surface area contributed by atoms with E-state index in [1.807, 2.05) is 0 Å². The van der Waals surface area contributed by atoms with Crippen LogP contribution in [0.2, 0.25) is 0 Å². The van der Waals surface area contributed by atoms with Crippen molar-refractivity contribution >= 4 is 17.3 Å². The summed E-state index contributed by atoms with van der Waals surface area (Å²) in [6, 6.07) is 22.2. The van der Waals surface area contributed by atoms with Crippen LogP contribution in [0.1, 0.15) is 25.3 Å². The van der Waals surface area contributed by atoms with Crippen LogP contribution < -0.4 is 4.90 Å². The number of hydrogen-bond donors (Lipinski definition) is 0. The number of likely N-dealkylation sites (tertiary alicyclic amines) is 1. The van der Waals surface area contributed by atoms with Gasteiger partial charge in [0.25, 0.3) is 0 Å². The van der Waals surface area contributed by atoms with Gasteiger partial charge in [-0.2, -0.15) is 0 Å². The Kier molecular flexibility index (Phi) is 6.77. The maximum Gasteiger partial charge on any atom is 0.0457 e. The summed E-state index contributed by atoms with van der Waals surface area (Å²) >= 11 is 6.00. The van der Waals surface area contributed by atoms with Crippen molar-refractivity contribution in [1.29, 1.82) is 0 Å². The lowest BCUT2D eigenvalue weighted by atomic mass is 9.96. The summed E-state index contributed by atoms with van der Waals surface area (Å²) in [7, 11) is 0. The molecule has 2 nitrogen and oxygen atoms in total. The molecule has 0 bridgehead atoms. The maximum absolute atomic E-state index is 6.00. The second-order valence-electron chi connectivity index (χ2n) is 6.96. The van der Waals surface area contributed by atoms with Crippen molar-refractivity contribution in [3.8, 4) is 0 Å². The van der Waals surface area contributed by atoms with E-state index in [1.165, 1.54) is 24.2 Å². The molecule has 0 aromatic heterocycles. The summed E-state index contributed by atoms with van der Waals surface area (Å²) in [5.74, 6) is 1.45. The molecular weight excluding hydrogens is 328 g/mol. The fraction of sp³-hybridized carbons (Fsp3) is 0.455. The molecule has 2 aromatic carbocycles. The van der Waals surface area contributed by atoms with Gasteiger partial charge in [-0.25, -0.2) is 0 Å². The van der Waals surface area contributed by atoms with Crippen molar-refractivity contribution in [3.05, 3.63) is 66.2 Å². The van der Waals surface area contributed by atoms with E-state index in [2.05, 4.69) is 77.4 Å². The molecule has 0 radical (unpaired) electrons. The van der Waals surface area contributed by atoms with Crippen molar-refractivity contribution in [2.45, 2.75) is 32.4 Å². The van der Waals surface area contributed by atoms with Crippen molar-refractivity contribution in [1.82, 2.24) is 4.90 Å². The van der Waals surface area contributed by atoms with Crippen molar-refractivity contribution < 1.29 is 0 Å². The van der Waals surface area contributed by atoms with Crippen molar-refractivity contribution in [2.75, 3.05) is 30.4 Å². The second kappa shape index (κ2) is 9.26. The number of benzene rings is 2. The predicted molar refractivity (Wildman–Crippen MR) is 108 cm³/mol. The molecule has 1 saturated heterocycles. The number of hydrogen-bond acceptors (Lipinski definition) is 2. The van der Waals surface area contributed by atoms with Gasteiger partial charge >= 0.3 is 0 Å². The molecule has 1 aliphatic heterocycles. The largest absolute Gasteiger partial charge is 0.367 e. The Labute approximate surface area is 157 Å². The number of anilines is 1. The molecule has 25 heavy (non-hydrogen) atoms. The first-order valence-corrected chi connectivity index (χ1v) is 9.99. The van der Waals surface area contributed by atoms with Crippen LogP contribution in [-0.2, 0) is 6.54 Å². The SMILES string of the molecule is CCN(c1ccccc1)[C@@H]1CN(Cc2ccccc2)C[C@@H]1CCCCl. The third kappa shape index (κ3) is 4.77. The fourth-order valence-electron chi connectivity index (χ4n) is 4.12. The summed E-state index contributed by atoms with van der Waals surface area (Å²) in [5, 5.41) is 0. The molecule has 3 rings (SSSR count). The first kappa shape index (κ1) is 18.3. The van der Waals surface area contributed by atoms with E-state index in [9.17, 15) is 0 Å². The van der Waals surface area contributed by atoms with Crippen LogP contribution in [0.5, 0.6) is 0 Å². The van der Waals surface area contributed by atoms with Crippen LogP contribution in [0.15, 0.2) is 60.7 Å². The highest BCUT2D eigenvalue weighted by molar-refractivity contribution is 6.17. The third-order valence-corrected chi connectivity index (χ3v) is 5.54. The molecule has 1 fully saturated rings. The van der Waals surface area contributed by atoms with Gasteiger partial charge in [0.15, 0.2) is 0 Å². The highest BCUT2D eigenvalue weighted by Gasteiger charge is 2.35. The number of likely N-dealkylation sites (N-methyl/N-ethyl adjacent to an activating group) is 1. The molecule has 134 valence electrons. The molecule has 1 aliphatic rings. The zero-order valence-electron chi connectivity index (χ0n) is 15.2. The number of halogens is 1. The van der Waals surface area contributed by atoms with Crippen LogP contribution in [0.4, 0.5) is 5.69 Å². The van der Waals surface area contributed by atoms with E-state index in [0.717, 1.165) is 31.9 Å². The van der Waals surface area contributed by atoms with Gasteiger partial charge in [0.05, 0.1) is 0 Å². The average molecular weight is 357 g/mol. The Morgan fingerprint density at radius 2 is 1.68 bits per heavy atom. The molecule has 0 N–H and O–H groups in total. The van der Waals surface area contributed by atoms with Gasteiger partial charge in [-0.05, 0) is 43.4 Å². The minimum atomic E-state index is 0.569. The average Bonchev–Trinajstić information content (AvgIpc) is 3.04. The second-order valence-corrected chi connectivity index (χ2v) is 7.34. The smallest absolute Gasteiger partial charge is 0.0457 e. The van der Waals surface area contributed by atoms with E-state index in [4.69, 9.17) is 11.6 Å². The molecule has 2 atom stereocenters. The minimum Gasteiger partial charge on any atom is -0.367 e. The van der Waals surface area contributed by atoms with Gasteiger partial charge < -0.3 is 4.90 Å². The van der Waals surface area contributed by atoms with E-state index in [0.29, 0.717) is 12.0 Å². The molecule has 0 unspecified atom stereocenters. The number of rotatable bonds is 8. The van der Waals surface area contributed by atoms with Crippen LogP contribution >= 0.6 is 11.6 Å².